The Bertz CT molecular complexity index is 372. The molecule has 0 aliphatic carbocycles. The largest absolute Gasteiger partial charge is 0.481 e. The lowest BCUT2D eigenvalue weighted by atomic mass is 9.90. The zero-order valence-corrected chi connectivity index (χ0v) is 13.2. The molecule has 122 valence electrons. The van der Waals surface area contributed by atoms with Gasteiger partial charge in [0.05, 0.1) is 19.3 Å². The van der Waals surface area contributed by atoms with Crippen LogP contribution in [0.15, 0.2) is 0 Å². The standard InChI is InChI=1S/C14H26N2O5/c1-14(2,5-6-20-4)9-15-13(19)16(3)11-8-21-7-10(11)12(17)18/h10-11H,5-9H2,1-4H3,(H,15,19)(H,17,18). The fourth-order valence-electron chi connectivity index (χ4n) is 2.22. The van der Waals surface area contributed by atoms with Crippen LogP contribution in [0, 0.1) is 11.3 Å². The maximum absolute atomic E-state index is 12.2. The number of hydrogen-bond donors (Lipinski definition) is 2. The summed E-state index contributed by atoms with van der Waals surface area (Å²) in [6.45, 7) is 5.64. The Morgan fingerprint density at radius 2 is 2.10 bits per heavy atom. The summed E-state index contributed by atoms with van der Waals surface area (Å²) in [6.07, 6.45) is 0.831. The van der Waals surface area contributed by atoms with Crippen molar-refractivity contribution in [3.8, 4) is 0 Å². The smallest absolute Gasteiger partial charge is 0.317 e. The molecule has 2 N–H and O–H groups in total. The van der Waals surface area contributed by atoms with Crippen LogP contribution in [0.3, 0.4) is 0 Å². The van der Waals surface area contributed by atoms with Crippen LogP contribution in [0.25, 0.3) is 0 Å². The molecule has 1 saturated heterocycles. The van der Waals surface area contributed by atoms with Crippen LogP contribution in [-0.2, 0) is 14.3 Å². The van der Waals surface area contributed by atoms with Crippen molar-refractivity contribution in [1.82, 2.24) is 10.2 Å². The minimum Gasteiger partial charge on any atom is -0.481 e. The molecule has 1 aliphatic rings. The lowest BCUT2D eigenvalue weighted by molar-refractivity contribution is -0.142. The van der Waals surface area contributed by atoms with Gasteiger partial charge in [0.2, 0.25) is 0 Å². The number of amides is 2. The lowest BCUT2D eigenvalue weighted by Gasteiger charge is -2.29. The molecular formula is C14H26N2O5. The van der Waals surface area contributed by atoms with Gasteiger partial charge in [-0.1, -0.05) is 13.8 Å². The van der Waals surface area contributed by atoms with E-state index in [9.17, 15) is 9.59 Å². The third kappa shape index (κ3) is 5.17. The molecule has 2 amide bonds. The van der Waals surface area contributed by atoms with Gasteiger partial charge in [-0.05, 0) is 11.8 Å². The topological polar surface area (TPSA) is 88.1 Å². The molecule has 1 fully saturated rings. The number of rotatable bonds is 7. The Morgan fingerprint density at radius 1 is 1.43 bits per heavy atom. The highest BCUT2D eigenvalue weighted by Crippen LogP contribution is 2.21. The van der Waals surface area contributed by atoms with Crippen LogP contribution >= 0.6 is 0 Å². The van der Waals surface area contributed by atoms with E-state index >= 15 is 0 Å². The maximum atomic E-state index is 12.2. The number of carboxylic acid groups (broad SMARTS) is 1. The van der Waals surface area contributed by atoms with Crippen molar-refractivity contribution < 1.29 is 24.2 Å². The van der Waals surface area contributed by atoms with Crippen molar-refractivity contribution in [2.45, 2.75) is 26.3 Å². The highest BCUT2D eigenvalue weighted by Gasteiger charge is 2.38. The van der Waals surface area contributed by atoms with Crippen LogP contribution in [0.5, 0.6) is 0 Å². The summed E-state index contributed by atoms with van der Waals surface area (Å²) >= 11 is 0. The fourth-order valence-corrected chi connectivity index (χ4v) is 2.22. The van der Waals surface area contributed by atoms with Crippen molar-refractivity contribution in [3.05, 3.63) is 0 Å². The summed E-state index contributed by atoms with van der Waals surface area (Å²) in [5.74, 6) is -1.60. The number of likely N-dealkylation sites (N-methyl/N-ethyl adjacent to an activating group) is 1. The quantitative estimate of drug-likeness (QED) is 0.726. The Balaban J connectivity index is 2.49. The maximum Gasteiger partial charge on any atom is 0.317 e. The molecule has 7 nitrogen and oxygen atoms in total. The molecule has 0 radical (unpaired) electrons. The summed E-state index contributed by atoms with van der Waals surface area (Å²) in [5, 5.41) is 12.0. The van der Waals surface area contributed by atoms with E-state index in [1.54, 1.807) is 14.2 Å². The average Bonchev–Trinajstić information content (AvgIpc) is 2.91. The van der Waals surface area contributed by atoms with Crippen LogP contribution in [0.1, 0.15) is 20.3 Å². The summed E-state index contributed by atoms with van der Waals surface area (Å²) in [7, 11) is 3.25. The minimum absolute atomic E-state index is 0.0785. The van der Waals surface area contributed by atoms with E-state index in [4.69, 9.17) is 14.6 Å². The van der Waals surface area contributed by atoms with Crippen molar-refractivity contribution in [3.63, 3.8) is 0 Å². The summed E-state index contributed by atoms with van der Waals surface area (Å²) in [6, 6.07) is -0.702. The number of carbonyl (C=O) groups excluding carboxylic acids is 1. The minimum atomic E-state index is -0.933. The number of hydrogen-bond acceptors (Lipinski definition) is 4. The van der Waals surface area contributed by atoms with Crippen LogP contribution < -0.4 is 5.32 Å². The molecule has 0 bridgehead atoms. The Labute approximate surface area is 125 Å². The fraction of sp³-hybridized carbons (Fsp3) is 0.857. The first-order valence-electron chi connectivity index (χ1n) is 7.08. The molecule has 1 aliphatic heterocycles. The van der Waals surface area contributed by atoms with Gasteiger partial charge in [-0.2, -0.15) is 0 Å². The highest BCUT2D eigenvalue weighted by atomic mass is 16.5. The van der Waals surface area contributed by atoms with Gasteiger partial charge < -0.3 is 24.8 Å². The van der Waals surface area contributed by atoms with E-state index in [0.717, 1.165) is 6.42 Å². The number of carbonyl (C=O) groups is 2. The number of nitrogens with zero attached hydrogens (tertiary/aromatic N) is 1. The van der Waals surface area contributed by atoms with Crippen LogP contribution in [0.4, 0.5) is 4.79 Å². The van der Waals surface area contributed by atoms with Gasteiger partial charge in [0.1, 0.15) is 5.92 Å². The third-order valence-electron chi connectivity index (χ3n) is 3.89. The molecular weight excluding hydrogens is 276 g/mol. The predicted molar refractivity (Wildman–Crippen MR) is 77.2 cm³/mol. The van der Waals surface area contributed by atoms with Gasteiger partial charge in [0.15, 0.2) is 0 Å². The first kappa shape index (κ1) is 17.7. The van der Waals surface area contributed by atoms with Crippen molar-refractivity contribution in [1.29, 1.82) is 0 Å². The molecule has 0 aromatic heterocycles. The molecule has 2 unspecified atom stereocenters. The molecule has 0 spiro atoms. The second-order valence-corrected chi connectivity index (χ2v) is 6.23. The Kier molecular flexibility index (Phi) is 6.42. The van der Waals surface area contributed by atoms with Crippen LogP contribution in [0.2, 0.25) is 0 Å². The van der Waals surface area contributed by atoms with E-state index in [-0.39, 0.29) is 24.7 Å². The second-order valence-electron chi connectivity index (χ2n) is 6.23. The van der Waals surface area contributed by atoms with E-state index < -0.39 is 17.9 Å². The number of aliphatic carboxylic acids is 1. The number of ether oxygens (including phenoxy) is 2. The summed E-state index contributed by atoms with van der Waals surface area (Å²) < 4.78 is 10.2. The van der Waals surface area contributed by atoms with E-state index in [1.165, 1.54) is 4.90 Å². The van der Waals surface area contributed by atoms with Gasteiger partial charge in [-0.25, -0.2) is 4.79 Å². The first-order chi connectivity index (χ1) is 9.78. The second kappa shape index (κ2) is 7.61. The first-order valence-corrected chi connectivity index (χ1v) is 7.08. The molecule has 1 heterocycles. The summed E-state index contributed by atoms with van der Waals surface area (Å²) in [5.41, 5.74) is -0.0785. The van der Waals surface area contributed by atoms with E-state index in [2.05, 4.69) is 5.32 Å². The molecule has 0 aromatic carbocycles. The predicted octanol–water partition coefficient (Wildman–Crippen LogP) is 0.790. The monoisotopic (exact) mass is 302 g/mol. The number of methoxy groups -OCH3 is 1. The molecule has 0 aromatic rings. The van der Waals surface area contributed by atoms with Gasteiger partial charge in [0.25, 0.3) is 0 Å². The zero-order valence-electron chi connectivity index (χ0n) is 13.2. The number of urea groups is 1. The van der Waals surface area contributed by atoms with Gasteiger partial charge in [-0.15, -0.1) is 0 Å². The third-order valence-corrected chi connectivity index (χ3v) is 3.89. The van der Waals surface area contributed by atoms with Crippen LogP contribution in [-0.4, -0.2) is 68.6 Å². The summed E-state index contributed by atoms with van der Waals surface area (Å²) in [4.78, 5) is 24.7. The molecule has 1 rings (SSSR count). The normalized spacial score (nSPS) is 22.1. The number of nitrogens with one attached hydrogen (secondary N) is 1. The molecule has 7 heteroatoms. The Morgan fingerprint density at radius 3 is 2.67 bits per heavy atom. The van der Waals surface area contributed by atoms with Crippen molar-refractivity contribution in [2.75, 3.05) is 40.5 Å². The van der Waals surface area contributed by atoms with Gasteiger partial charge in [-0.3, -0.25) is 4.79 Å². The van der Waals surface area contributed by atoms with Crippen molar-refractivity contribution >= 4 is 12.0 Å². The van der Waals surface area contributed by atoms with Crippen molar-refractivity contribution in [2.24, 2.45) is 11.3 Å². The molecule has 2 atom stereocenters. The van der Waals surface area contributed by atoms with Gasteiger partial charge in [0, 0.05) is 27.3 Å². The SMILES string of the molecule is COCCC(C)(C)CNC(=O)N(C)C1COCC1C(=O)O. The molecule has 21 heavy (non-hydrogen) atoms. The van der Waals surface area contributed by atoms with E-state index in [1.807, 2.05) is 13.8 Å². The molecule has 0 saturated carbocycles. The van der Waals surface area contributed by atoms with E-state index in [0.29, 0.717) is 13.2 Å². The number of carboxylic acids is 1. The zero-order chi connectivity index (χ0) is 16.0. The van der Waals surface area contributed by atoms with Gasteiger partial charge >= 0.3 is 12.0 Å². The average molecular weight is 302 g/mol. The lowest BCUT2D eigenvalue weighted by Crippen LogP contribution is -2.50. The highest BCUT2D eigenvalue weighted by molar-refractivity contribution is 5.77. The Hall–Kier alpha value is -1.34.